The number of amides is 3. The Morgan fingerprint density at radius 2 is 1.88 bits per heavy atom. The number of nitriles is 1. The third kappa shape index (κ3) is 6.41. The largest absolute Gasteiger partial charge is 0.446 e. The highest BCUT2D eigenvalue weighted by Gasteiger charge is 2.46. The number of cyclic esters (lactones) is 1. The second-order valence-electron chi connectivity index (χ2n) is 10.2. The van der Waals surface area contributed by atoms with Crippen molar-refractivity contribution in [1.29, 1.82) is 5.26 Å². The summed E-state index contributed by atoms with van der Waals surface area (Å²) in [4.78, 5) is 47.4. The fraction of sp³-hybridized carbons (Fsp3) is 0.300. The van der Waals surface area contributed by atoms with Gasteiger partial charge in [0.15, 0.2) is 6.04 Å². The molecule has 0 bridgehead atoms. The van der Waals surface area contributed by atoms with Crippen LogP contribution in [0.4, 0.5) is 29.5 Å². The number of nitrogens with zero attached hydrogens (tertiary/aromatic N) is 4. The van der Waals surface area contributed by atoms with E-state index in [1.54, 1.807) is 12.1 Å². The van der Waals surface area contributed by atoms with Crippen molar-refractivity contribution in [2.24, 2.45) is 0 Å². The molecule has 2 aliphatic rings. The predicted octanol–water partition coefficient (Wildman–Crippen LogP) is 5.54. The second kappa shape index (κ2) is 12.3. The summed E-state index contributed by atoms with van der Waals surface area (Å²) in [6.45, 7) is -0.434. The molecule has 13 heteroatoms. The lowest BCUT2D eigenvalue weighted by Crippen LogP contribution is -2.54. The number of ether oxygens (including phenoxy) is 1. The Hall–Kier alpha value is -4.63. The van der Waals surface area contributed by atoms with Crippen molar-refractivity contribution in [3.05, 3.63) is 88.8 Å². The van der Waals surface area contributed by atoms with Crippen LogP contribution in [0.3, 0.4) is 0 Å². The molecule has 1 saturated heterocycles. The molecule has 2 heterocycles. The zero-order valence-electron chi connectivity index (χ0n) is 22.6. The topological polar surface area (TPSA) is 116 Å². The van der Waals surface area contributed by atoms with Crippen LogP contribution in [0.5, 0.6) is 0 Å². The van der Waals surface area contributed by atoms with Crippen LogP contribution < -0.4 is 15.1 Å². The summed E-state index contributed by atoms with van der Waals surface area (Å²) in [6, 6.07) is 12.4. The molecule has 2 unspecified atom stereocenters. The molecule has 9 nitrogen and oxygen atoms in total. The molecule has 2 atom stereocenters. The number of benzene rings is 2. The van der Waals surface area contributed by atoms with Crippen molar-refractivity contribution < 1.29 is 32.3 Å². The van der Waals surface area contributed by atoms with Crippen LogP contribution >= 0.6 is 11.6 Å². The minimum atomic E-state index is -2.83. The molecule has 3 amide bonds. The monoisotopic (exact) mass is 611 g/mol. The van der Waals surface area contributed by atoms with Gasteiger partial charge in [0.05, 0.1) is 11.6 Å². The first-order valence-electron chi connectivity index (χ1n) is 13.4. The molecule has 222 valence electrons. The first-order chi connectivity index (χ1) is 20.6. The SMILES string of the molecule is N#Cc1ccnc(N2C(=O)OCC2C(=O)N(c2cccc(F)c2)C(C(=O)NC2CCC(F)(F)CC2)c2ccccc2Cl)c1. The third-order valence-corrected chi connectivity index (χ3v) is 7.72. The summed E-state index contributed by atoms with van der Waals surface area (Å²) in [7, 11) is 0. The summed E-state index contributed by atoms with van der Waals surface area (Å²) in [6.07, 6.45) is -0.414. The summed E-state index contributed by atoms with van der Waals surface area (Å²) >= 11 is 6.53. The standard InChI is InChI=1S/C30H25ClF3N5O4/c31-23-7-2-1-6-22(23)26(27(40)37-20-8-11-30(33,34)12-9-20)38(21-5-3-4-19(32)15-21)28(41)24-17-43-29(42)39(24)25-14-18(16-35)10-13-36-25/h1-7,10,13-15,20,24,26H,8-9,11-12,17H2,(H,37,40). The maximum atomic E-state index is 14.6. The Labute approximate surface area is 249 Å². The van der Waals surface area contributed by atoms with Crippen molar-refractivity contribution in [2.45, 2.75) is 49.7 Å². The van der Waals surface area contributed by atoms with Crippen LogP contribution in [0.15, 0.2) is 66.9 Å². The van der Waals surface area contributed by atoms with E-state index in [1.807, 2.05) is 6.07 Å². The highest BCUT2D eigenvalue weighted by molar-refractivity contribution is 6.31. The normalized spacial score (nSPS) is 18.8. The van der Waals surface area contributed by atoms with E-state index < -0.39 is 67.2 Å². The van der Waals surface area contributed by atoms with Crippen LogP contribution in [0.1, 0.15) is 42.9 Å². The number of hydrogen-bond donors (Lipinski definition) is 1. The van der Waals surface area contributed by atoms with Gasteiger partial charge >= 0.3 is 6.09 Å². The predicted molar refractivity (Wildman–Crippen MR) is 150 cm³/mol. The number of nitrogens with one attached hydrogen (secondary N) is 1. The average Bonchev–Trinajstić information content (AvgIpc) is 3.38. The molecule has 2 fully saturated rings. The molecular weight excluding hydrogens is 587 g/mol. The molecule has 43 heavy (non-hydrogen) atoms. The third-order valence-electron chi connectivity index (χ3n) is 7.37. The number of pyridine rings is 1. The zero-order chi connectivity index (χ0) is 30.7. The summed E-state index contributed by atoms with van der Waals surface area (Å²) in [5, 5.41) is 12.2. The first kappa shape index (κ1) is 29.8. The first-order valence-corrected chi connectivity index (χ1v) is 13.8. The van der Waals surface area contributed by atoms with E-state index in [1.165, 1.54) is 42.6 Å². The summed E-state index contributed by atoms with van der Waals surface area (Å²) < 4.78 is 47.4. The van der Waals surface area contributed by atoms with Gasteiger partial charge in [-0.3, -0.25) is 14.5 Å². The number of anilines is 2. The van der Waals surface area contributed by atoms with E-state index in [0.717, 1.165) is 21.9 Å². The van der Waals surface area contributed by atoms with Crippen molar-refractivity contribution in [2.75, 3.05) is 16.4 Å². The highest BCUT2D eigenvalue weighted by atomic mass is 35.5. The van der Waals surface area contributed by atoms with Crippen LogP contribution in [0.2, 0.25) is 5.02 Å². The van der Waals surface area contributed by atoms with Gasteiger partial charge in [-0.05, 0) is 49.2 Å². The van der Waals surface area contributed by atoms with E-state index in [9.17, 15) is 32.8 Å². The lowest BCUT2D eigenvalue weighted by molar-refractivity contribution is -0.128. The van der Waals surface area contributed by atoms with Gasteiger partial charge in [0.1, 0.15) is 24.3 Å². The molecule has 1 aliphatic heterocycles. The molecule has 2 aromatic carbocycles. The molecule has 1 aliphatic carbocycles. The van der Waals surface area contributed by atoms with Gasteiger partial charge in [0.25, 0.3) is 5.91 Å². The number of alkyl halides is 2. The molecule has 3 aromatic rings. The Balaban J connectivity index is 1.59. The molecule has 1 N–H and O–H groups in total. The molecule has 5 rings (SSSR count). The van der Waals surface area contributed by atoms with E-state index in [0.29, 0.717) is 0 Å². The van der Waals surface area contributed by atoms with Gasteiger partial charge in [-0.25, -0.2) is 27.8 Å². The number of halogens is 4. The number of aromatic nitrogens is 1. The van der Waals surface area contributed by atoms with Crippen LogP contribution in [0.25, 0.3) is 0 Å². The number of rotatable bonds is 7. The van der Waals surface area contributed by atoms with Gasteiger partial charge in [-0.15, -0.1) is 0 Å². The minimum absolute atomic E-state index is 0.0154. The Morgan fingerprint density at radius 1 is 1.14 bits per heavy atom. The smallest absolute Gasteiger partial charge is 0.416 e. The highest BCUT2D eigenvalue weighted by Crippen LogP contribution is 2.37. The van der Waals surface area contributed by atoms with Crippen LogP contribution in [-0.4, -0.2) is 47.5 Å². The fourth-order valence-corrected chi connectivity index (χ4v) is 5.46. The zero-order valence-corrected chi connectivity index (χ0v) is 23.3. The number of hydrogen-bond acceptors (Lipinski definition) is 6. The Bertz CT molecular complexity index is 1590. The van der Waals surface area contributed by atoms with Crippen molar-refractivity contribution in [3.63, 3.8) is 0 Å². The minimum Gasteiger partial charge on any atom is -0.446 e. The fourth-order valence-electron chi connectivity index (χ4n) is 5.23. The summed E-state index contributed by atoms with van der Waals surface area (Å²) in [5.41, 5.74) is 0.323. The lowest BCUT2D eigenvalue weighted by Gasteiger charge is -2.36. The van der Waals surface area contributed by atoms with Crippen LogP contribution in [-0.2, 0) is 14.3 Å². The van der Waals surface area contributed by atoms with Gasteiger partial charge in [-0.1, -0.05) is 35.9 Å². The maximum absolute atomic E-state index is 14.6. The van der Waals surface area contributed by atoms with E-state index in [4.69, 9.17) is 16.3 Å². The molecule has 1 saturated carbocycles. The molecular formula is C30H25ClF3N5O4. The van der Waals surface area contributed by atoms with Crippen molar-refractivity contribution in [3.8, 4) is 6.07 Å². The van der Waals surface area contributed by atoms with Gasteiger partial charge in [0, 0.05) is 41.4 Å². The Morgan fingerprint density at radius 3 is 2.58 bits per heavy atom. The number of carbonyl (C=O) groups excluding carboxylic acids is 3. The van der Waals surface area contributed by atoms with Gasteiger partial charge < -0.3 is 10.1 Å². The second-order valence-corrected chi connectivity index (χ2v) is 10.6. The Kier molecular flexibility index (Phi) is 8.54. The number of carbonyl (C=O) groups is 3. The van der Waals surface area contributed by atoms with E-state index in [-0.39, 0.29) is 40.5 Å². The molecule has 0 spiro atoms. The van der Waals surface area contributed by atoms with E-state index in [2.05, 4.69) is 10.3 Å². The lowest BCUT2D eigenvalue weighted by atomic mass is 9.91. The summed E-state index contributed by atoms with van der Waals surface area (Å²) in [5.74, 6) is -5.15. The van der Waals surface area contributed by atoms with E-state index >= 15 is 0 Å². The van der Waals surface area contributed by atoms with Crippen molar-refractivity contribution >= 4 is 41.0 Å². The maximum Gasteiger partial charge on any atom is 0.416 e. The van der Waals surface area contributed by atoms with Gasteiger partial charge in [-0.2, -0.15) is 5.26 Å². The molecule has 1 aromatic heterocycles. The van der Waals surface area contributed by atoms with Gasteiger partial charge in [0.2, 0.25) is 11.8 Å². The van der Waals surface area contributed by atoms with Crippen molar-refractivity contribution in [1.82, 2.24) is 10.3 Å². The quantitative estimate of drug-likeness (QED) is 0.375. The average molecular weight is 612 g/mol. The molecule has 0 radical (unpaired) electrons. The van der Waals surface area contributed by atoms with Crippen LogP contribution in [0, 0.1) is 17.1 Å².